The SMILES string of the molecule is CO[C@H]([C@@H](C)C(=O)N[C@H](C)C(O)c1ccccc1)[C@@H]1CCCN1C(=O)C[C@@H](OC)[C@H](C(C)C)N(C)C(=O)[C@@H](NC(=O)[C@H](C(C)C)N(C)C(=O)OCc1ccc(NC(=O)[C@H](CCCNC(N)=O)NC(=O)[C@@H](NC(=O)CCCCCN2C(=O)C=CC2=O)C(C)C)cc1)C(C)C. The number of benzene rings is 2. The van der Waals surface area contributed by atoms with Crippen molar-refractivity contribution in [1.82, 2.24) is 46.2 Å². The van der Waals surface area contributed by atoms with E-state index in [1.54, 1.807) is 104 Å². The monoisotopic (exact) mass is 1300 g/mol. The largest absolute Gasteiger partial charge is 0.445 e. The van der Waals surface area contributed by atoms with E-state index in [0.717, 1.165) is 4.90 Å². The molecule has 2 aliphatic rings. The van der Waals surface area contributed by atoms with Crippen molar-refractivity contribution < 1.29 is 72.1 Å². The second-order valence-corrected chi connectivity index (χ2v) is 25.6. The van der Waals surface area contributed by atoms with Crippen molar-refractivity contribution in [2.24, 2.45) is 35.3 Å². The molecule has 9 N–H and O–H groups in total. The van der Waals surface area contributed by atoms with Gasteiger partial charge in [-0.05, 0) is 92.4 Å². The Balaban J connectivity index is 1.36. The number of aliphatic hydroxyl groups excluding tert-OH is 1. The lowest BCUT2D eigenvalue weighted by atomic mass is 9.91. The van der Waals surface area contributed by atoms with Gasteiger partial charge in [0, 0.05) is 72.2 Å². The number of hydrogen-bond acceptors (Lipinski definition) is 15. The highest BCUT2D eigenvalue weighted by atomic mass is 16.6. The summed E-state index contributed by atoms with van der Waals surface area (Å²) in [6.45, 7) is 18.4. The lowest BCUT2D eigenvalue weighted by molar-refractivity contribution is -0.147. The molecule has 1 unspecified atom stereocenters. The van der Waals surface area contributed by atoms with E-state index in [1.807, 2.05) is 32.0 Å². The van der Waals surface area contributed by atoms with E-state index in [-0.39, 0.29) is 80.8 Å². The maximum Gasteiger partial charge on any atom is 0.410 e. The maximum absolute atomic E-state index is 14.7. The van der Waals surface area contributed by atoms with Crippen LogP contribution in [-0.4, -0.2) is 192 Å². The van der Waals surface area contributed by atoms with E-state index in [2.05, 4.69) is 31.9 Å². The number of primary amides is 1. The zero-order chi connectivity index (χ0) is 69.4. The van der Waals surface area contributed by atoms with Crippen LogP contribution in [0, 0.1) is 29.6 Å². The number of hydrogen-bond donors (Lipinski definition) is 8. The fraction of sp³-hybridized carbons (Fsp3) is 0.627. The van der Waals surface area contributed by atoms with Gasteiger partial charge in [-0.15, -0.1) is 0 Å². The van der Waals surface area contributed by atoms with Gasteiger partial charge < -0.3 is 66.8 Å². The number of nitrogens with one attached hydrogen (secondary N) is 6. The highest BCUT2D eigenvalue weighted by Gasteiger charge is 2.44. The molecule has 0 aliphatic carbocycles. The molecule has 1 fully saturated rings. The van der Waals surface area contributed by atoms with Gasteiger partial charge in [0.1, 0.15) is 30.8 Å². The fourth-order valence-electron chi connectivity index (χ4n) is 12.0. The molecule has 0 saturated carbocycles. The Bertz CT molecular complexity index is 2850. The van der Waals surface area contributed by atoms with Gasteiger partial charge in [0.15, 0.2) is 0 Å². The van der Waals surface area contributed by atoms with Gasteiger partial charge in [-0.2, -0.15) is 0 Å². The van der Waals surface area contributed by atoms with E-state index >= 15 is 0 Å². The van der Waals surface area contributed by atoms with Crippen LogP contribution in [0.15, 0.2) is 66.7 Å². The molecule has 0 aromatic heterocycles. The number of nitrogens with two attached hydrogens (primary N) is 1. The van der Waals surface area contributed by atoms with Crippen molar-refractivity contribution in [3.8, 4) is 0 Å². The minimum Gasteiger partial charge on any atom is -0.445 e. The Hall–Kier alpha value is -7.97. The summed E-state index contributed by atoms with van der Waals surface area (Å²) in [6.07, 6.45) is 2.31. The van der Waals surface area contributed by atoms with Crippen molar-refractivity contribution in [2.75, 3.05) is 53.3 Å². The van der Waals surface area contributed by atoms with Gasteiger partial charge in [0.2, 0.25) is 41.4 Å². The summed E-state index contributed by atoms with van der Waals surface area (Å²) in [5, 5.41) is 27.6. The number of methoxy groups -OCH3 is 2. The predicted octanol–water partition coefficient (Wildman–Crippen LogP) is 4.69. The van der Waals surface area contributed by atoms with Crippen molar-refractivity contribution >= 4 is 71.0 Å². The topological polar surface area (TPSA) is 347 Å². The van der Waals surface area contributed by atoms with Crippen LogP contribution < -0.4 is 37.6 Å². The van der Waals surface area contributed by atoms with Gasteiger partial charge in [0.05, 0.1) is 48.8 Å². The summed E-state index contributed by atoms with van der Waals surface area (Å²) in [5.74, 6) is -6.09. The first-order valence-corrected chi connectivity index (χ1v) is 32.4. The average molecular weight is 1300 g/mol. The minimum atomic E-state index is -1.11. The summed E-state index contributed by atoms with van der Waals surface area (Å²) in [6, 6.07) is 8.71. The molecular weight excluding hydrogens is 1200 g/mol. The van der Waals surface area contributed by atoms with Gasteiger partial charge in [-0.25, -0.2) is 9.59 Å². The number of anilines is 1. The Morgan fingerprint density at radius 3 is 1.89 bits per heavy atom. The van der Waals surface area contributed by atoms with E-state index in [1.165, 1.54) is 43.2 Å². The van der Waals surface area contributed by atoms with Crippen LogP contribution in [-0.2, 0) is 64.0 Å². The third-order valence-corrected chi connectivity index (χ3v) is 17.2. The molecule has 4 rings (SSSR count). The summed E-state index contributed by atoms with van der Waals surface area (Å²) in [5.41, 5.74) is 6.76. The molecule has 0 spiro atoms. The second kappa shape index (κ2) is 37.7. The predicted molar refractivity (Wildman–Crippen MR) is 349 cm³/mol. The molecular formula is C67H103N11O15. The van der Waals surface area contributed by atoms with E-state index in [4.69, 9.17) is 19.9 Å². The Labute approximate surface area is 547 Å². The van der Waals surface area contributed by atoms with Gasteiger partial charge in [-0.1, -0.05) is 111 Å². The number of nitrogens with zero attached hydrogens (tertiary/aromatic N) is 4. The van der Waals surface area contributed by atoms with Crippen molar-refractivity contribution in [1.29, 1.82) is 0 Å². The number of likely N-dealkylation sites (N-methyl/N-ethyl adjacent to an activating group) is 2. The first-order valence-electron chi connectivity index (χ1n) is 32.4. The Kier molecular flexibility index (Phi) is 31.4. The molecule has 1 saturated heterocycles. The third kappa shape index (κ3) is 22.9. The summed E-state index contributed by atoms with van der Waals surface area (Å²) in [4.78, 5) is 152. The fourth-order valence-corrected chi connectivity index (χ4v) is 12.0. The molecule has 2 aromatic carbocycles. The highest BCUT2D eigenvalue weighted by molar-refractivity contribution is 6.12. The number of carbonyl (C=O) groups is 11. The second-order valence-electron chi connectivity index (χ2n) is 25.6. The van der Waals surface area contributed by atoms with Crippen molar-refractivity contribution in [3.63, 3.8) is 0 Å². The lowest BCUT2D eigenvalue weighted by Gasteiger charge is -2.40. The zero-order valence-corrected chi connectivity index (χ0v) is 56.7. The Morgan fingerprint density at radius 1 is 0.688 bits per heavy atom. The Morgan fingerprint density at radius 2 is 1.32 bits per heavy atom. The molecule has 0 radical (unpaired) electrons. The number of rotatable bonds is 37. The first-order chi connectivity index (χ1) is 43.9. The van der Waals surface area contributed by atoms with Crippen molar-refractivity contribution in [2.45, 2.75) is 194 Å². The molecule has 12 amide bonds. The number of carbonyl (C=O) groups excluding carboxylic acids is 11. The summed E-state index contributed by atoms with van der Waals surface area (Å²) < 4.78 is 17.7. The zero-order valence-electron chi connectivity index (χ0n) is 56.7. The normalized spacial score (nSPS) is 17.2. The molecule has 93 heavy (non-hydrogen) atoms. The number of urea groups is 1. The average Bonchev–Trinajstić information content (AvgIpc) is 1.80. The highest BCUT2D eigenvalue weighted by Crippen LogP contribution is 2.30. The van der Waals surface area contributed by atoms with Crippen LogP contribution in [0.1, 0.15) is 144 Å². The van der Waals surface area contributed by atoms with E-state index in [0.29, 0.717) is 55.5 Å². The number of imide groups is 1. The minimum absolute atomic E-state index is 0.0840. The summed E-state index contributed by atoms with van der Waals surface area (Å²) >= 11 is 0. The van der Waals surface area contributed by atoms with Crippen LogP contribution in [0.5, 0.6) is 0 Å². The van der Waals surface area contributed by atoms with Crippen LogP contribution in [0.25, 0.3) is 0 Å². The van der Waals surface area contributed by atoms with E-state index < -0.39 is 120 Å². The molecule has 2 heterocycles. The molecule has 516 valence electrons. The molecule has 2 aliphatic heterocycles. The van der Waals surface area contributed by atoms with Gasteiger partial charge in [0.25, 0.3) is 11.8 Å². The van der Waals surface area contributed by atoms with Crippen molar-refractivity contribution in [3.05, 3.63) is 77.9 Å². The van der Waals surface area contributed by atoms with E-state index in [9.17, 15) is 57.8 Å². The number of likely N-dealkylation sites (tertiary alicyclic amines) is 1. The van der Waals surface area contributed by atoms with Crippen LogP contribution in [0.2, 0.25) is 0 Å². The van der Waals surface area contributed by atoms with Crippen LogP contribution >= 0.6 is 0 Å². The quantitative estimate of drug-likeness (QED) is 0.0336. The first kappa shape index (κ1) is 77.5. The number of amides is 12. The number of ether oxygens (including phenoxy) is 3. The number of unbranched alkanes of at least 4 members (excludes halogenated alkanes) is 2. The third-order valence-electron chi connectivity index (χ3n) is 17.2. The van der Waals surface area contributed by atoms with Crippen LogP contribution in [0.4, 0.5) is 15.3 Å². The number of aliphatic hydroxyl groups is 1. The molecule has 0 bridgehead atoms. The summed E-state index contributed by atoms with van der Waals surface area (Å²) in [7, 11) is 6.04. The van der Waals surface area contributed by atoms with Gasteiger partial charge in [-0.3, -0.25) is 53.0 Å². The lowest BCUT2D eigenvalue weighted by Crippen LogP contribution is -2.60. The smallest absolute Gasteiger partial charge is 0.410 e. The maximum atomic E-state index is 14.7. The molecule has 2 aromatic rings. The standard InChI is InChI=1S/C67H103N11O15/c1-39(2)55(73-51(79)27-19-16-20-35-78-52(80)32-33-53(78)81)63(86)72-48(25-21-34-69-66(68)89)62(85)71-47-30-28-45(29-31-47)38-93-67(90)76(12)58(42(7)8)64(87)74-56(40(3)4)65(88)75(11)57(41(5)6)50(91-13)37-54(82)77-36-22-26-49(77)60(92-14)43(9)61(84)70-44(10)59(83)46-23-17-15-18-24-46/h15,17-18,23-24,28-33,39-44,48-50,55-60,83H,16,19-22,25-27,34-38H2,1-14H3,(H,70,84)(H,71,85)(H,72,86)(H,73,79)(H,74,87)(H3,68,69,89)/t43-,44-,48+,49+,50-,55+,56+,57+,58+,59?,60-/m1/s1. The molecule has 26 nitrogen and oxygen atoms in total. The van der Waals surface area contributed by atoms with Crippen LogP contribution in [0.3, 0.4) is 0 Å². The molecule has 11 atom stereocenters. The van der Waals surface area contributed by atoms with Gasteiger partial charge >= 0.3 is 12.1 Å². The molecule has 26 heteroatoms.